The molecule has 7 heteroatoms. The standard InChI is InChI=1S/C10H15N5O2/c1-8(2)9(3)11-12-10(8,4)15-7(17)13(5)6(16)14(9)15/h1-5H3. The topological polar surface area (TPSA) is 73.7 Å². The Hall–Kier alpha value is -1.66. The molecule has 0 spiro atoms. The van der Waals surface area contributed by atoms with Gasteiger partial charge in [0, 0.05) is 7.05 Å². The van der Waals surface area contributed by atoms with E-state index in [1.807, 2.05) is 27.7 Å². The highest BCUT2D eigenvalue weighted by Gasteiger charge is 2.69. The molecular formula is C10H15N5O2. The molecule has 1 aromatic heterocycles. The number of azo groups is 1. The number of rotatable bonds is 0. The second kappa shape index (κ2) is 2.30. The molecule has 17 heavy (non-hydrogen) atoms. The van der Waals surface area contributed by atoms with Crippen LogP contribution in [0.25, 0.3) is 0 Å². The van der Waals surface area contributed by atoms with Gasteiger partial charge in [0.05, 0.1) is 5.41 Å². The molecule has 0 aromatic carbocycles. The SMILES string of the molecule is Cn1c(=O)n2n(c1=O)C1(C)N=NC2(C)C1(C)C. The Balaban J connectivity index is 2.56. The summed E-state index contributed by atoms with van der Waals surface area (Å²) in [5.74, 6) is 0. The van der Waals surface area contributed by atoms with E-state index in [9.17, 15) is 9.59 Å². The van der Waals surface area contributed by atoms with Crippen LogP contribution in [0.2, 0.25) is 0 Å². The smallest absolute Gasteiger partial charge is 0.246 e. The Kier molecular flexibility index (Phi) is 1.42. The molecule has 0 saturated heterocycles. The molecule has 0 fully saturated rings. The van der Waals surface area contributed by atoms with Gasteiger partial charge in [-0.15, -0.1) is 0 Å². The van der Waals surface area contributed by atoms with Crippen LogP contribution in [0.5, 0.6) is 0 Å². The molecule has 2 bridgehead atoms. The van der Waals surface area contributed by atoms with Gasteiger partial charge < -0.3 is 0 Å². The summed E-state index contributed by atoms with van der Waals surface area (Å²) < 4.78 is 3.97. The van der Waals surface area contributed by atoms with Crippen LogP contribution in [-0.4, -0.2) is 13.9 Å². The molecule has 92 valence electrons. The molecule has 1 aromatic rings. The highest BCUT2D eigenvalue weighted by molar-refractivity contribution is 5.14. The van der Waals surface area contributed by atoms with E-state index in [2.05, 4.69) is 10.2 Å². The first kappa shape index (κ1) is 10.5. The van der Waals surface area contributed by atoms with Gasteiger partial charge in [-0.3, -0.25) is 0 Å². The Morgan fingerprint density at radius 1 is 0.882 bits per heavy atom. The number of hydrogen-bond acceptors (Lipinski definition) is 4. The van der Waals surface area contributed by atoms with Gasteiger partial charge in [-0.2, -0.15) is 19.6 Å². The van der Waals surface area contributed by atoms with Gasteiger partial charge in [0.2, 0.25) is 0 Å². The lowest BCUT2D eigenvalue weighted by Gasteiger charge is -2.32. The number of aromatic nitrogens is 3. The van der Waals surface area contributed by atoms with E-state index in [1.165, 1.54) is 16.4 Å². The lowest BCUT2D eigenvalue weighted by Crippen LogP contribution is -2.46. The minimum absolute atomic E-state index is 0.340. The fraction of sp³-hybridized carbons (Fsp3) is 0.800. The van der Waals surface area contributed by atoms with Crippen LogP contribution in [0.1, 0.15) is 27.7 Å². The zero-order valence-electron chi connectivity index (χ0n) is 10.6. The molecule has 0 N–H and O–H groups in total. The highest BCUT2D eigenvalue weighted by atomic mass is 16.2. The molecule has 0 radical (unpaired) electrons. The van der Waals surface area contributed by atoms with Crippen molar-refractivity contribution in [1.29, 1.82) is 0 Å². The van der Waals surface area contributed by atoms with Gasteiger partial charge in [-0.25, -0.2) is 14.2 Å². The average Bonchev–Trinajstić information content (AvgIpc) is 2.64. The molecule has 2 atom stereocenters. The molecule has 3 heterocycles. The van der Waals surface area contributed by atoms with Gasteiger partial charge >= 0.3 is 11.4 Å². The number of hydrogen-bond donors (Lipinski definition) is 0. The van der Waals surface area contributed by atoms with E-state index in [0.29, 0.717) is 0 Å². The average molecular weight is 237 g/mol. The number of nitrogens with zero attached hydrogens (tertiary/aromatic N) is 5. The summed E-state index contributed by atoms with van der Waals surface area (Å²) in [5.41, 5.74) is -2.67. The Labute approximate surface area is 97.4 Å². The fourth-order valence-electron chi connectivity index (χ4n) is 2.81. The maximum Gasteiger partial charge on any atom is 0.349 e. The van der Waals surface area contributed by atoms with Crippen molar-refractivity contribution in [3.63, 3.8) is 0 Å². The van der Waals surface area contributed by atoms with Crippen molar-refractivity contribution in [2.45, 2.75) is 39.0 Å². The second-order valence-corrected chi connectivity index (χ2v) is 5.61. The summed E-state index contributed by atoms with van der Waals surface area (Å²) in [4.78, 5) is 24.2. The minimum atomic E-state index is -0.792. The second-order valence-electron chi connectivity index (χ2n) is 5.61. The third-order valence-corrected chi connectivity index (χ3v) is 4.77. The Bertz CT molecular complexity index is 622. The minimum Gasteiger partial charge on any atom is -0.246 e. The Morgan fingerprint density at radius 2 is 1.24 bits per heavy atom. The van der Waals surface area contributed by atoms with Gasteiger partial charge in [-0.05, 0) is 13.8 Å². The summed E-state index contributed by atoms with van der Waals surface area (Å²) in [6.07, 6.45) is 0. The van der Waals surface area contributed by atoms with Crippen molar-refractivity contribution in [2.24, 2.45) is 22.7 Å². The molecule has 0 saturated carbocycles. The lowest BCUT2D eigenvalue weighted by molar-refractivity contribution is 0.106. The van der Waals surface area contributed by atoms with Crippen molar-refractivity contribution < 1.29 is 0 Å². The molecule has 7 nitrogen and oxygen atoms in total. The predicted molar refractivity (Wildman–Crippen MR) is 59.9 cm³/mol. The van der Waals surface area contributed by atoms with Crippen molar-refractivity contribution >= 4 is 0 Å². The van der Waals surface area contributed by atoms with Crippen LogP contribution >= 0.6 is 0 Å². The maximum atomic E-state index is 12.1. The first-order valence-corrected chi connectivity index (χ1v) is 5.54. The molecule has 3 rings (SSSR count). The first-order valence-electron chi connectivity index (χ1n) is 5.54. The van der Waals surface area contributed by atoms with Crippen LogP contribution in [0.4, 0.5) is 0 Å². The zero-order valence-corrected chi connectivity index (χ0v) is 10.6. The third kappa shape index (κ3) is 0.713. The van der Waals surface area contributed by atoms with E-state index in [-0.39, 0.29) is 11.4 Å². The first-order chi connectivity index (χ1) is 7.68. The highest BCUT2D eigenvalue weighted by Crippen LogP contribution is 2.59. The van der Waals surface area contributed by atoms with E-state index in [4.69, 9.17) is 0 Å². The van der Waals surface area contributed by atoms with E-state index in [0.717, 1.165) is 4.57 Å². The Morgan fingerprint density at radius 3 is 1.59 bits per heavy atom. The maximum absolute atomic E-state index is 12.1. The molecule has 2 aliphatic rings. The van der Waals surface area contributed by atoms with Crippen LogP contribution in [0.15, 0.2) is 19.8 Å². The monoisotopic (exact) mass is 237 g/mol. The zero-order chi connectivity index (χ0) is 12.8. The quantitative estimate of drug-likeness (QED) is 0.646. The summed E-state index contributed by atoms with van der Waals surface area (Å²) in [5, 5.41) is 8.46. The van der Waals surface area contributed by atoms with E-state index >= 15 is 0 Å². The molecule has 2 aliphatic heterocycles. The van der Waals surface area contributed by atoms with Crippen molar-refractivity contribution in [3.05, 3.63) is 21.0 Å². The van der Waals surface area contributed by atoms with Crippen LogP contribution < -0.4 is 11.4 Å². The van der Waals surface area contributed by atoms with Gasteiger partial charge in [0.15, 0.2) is 11.3 Å². The van der Waals surface area contributed by atoms with Crippen molar-refractivity contribution in [2.75, 3.05) is 0 Å². The van der Waals surface area contributed by atoms with Crippen molar-refractivity contribution in [3.8, 4) is 0 Å². The fourth-order valence-corrected chi connectivity index (χ4v) is 2.81. The van der Waals surface area contributed by atoms with E-state index in [1.54, 1.807) is 0 Å². The normalized spacial score (nSPS) is 36.5. The molecule has 2 unspecified atom stereocenters. The van der Waals surface area contributed by atoms with Crippen LogP contribution in [0.3, 0.4) is 0 Å². The van der Waals surface area contributed by atoms with Crippen molar-refractivity contribution in [1.82, 2.24) is 13.9 Å². The summed E-state index contributed by atoms with van der Waals surface area (Å²) >= 11 is 0. The van der Waals surface area contributed by atoms with Crippen LogP contribution in [0, 0.1) is 5.41 Å². The van der Waals surface area contributed by atoms with Gasteiger partial charge in [0.25, 0.3) is 0 Å². The predicted octanol–water partition coefficient (Wildman–Crippen LogP) is 0.199. The molecule has 0 amide bonds. The van der Waals surface area contributed by atoms with Gasteiger partial charge in [0.1, 0.15) is 0 Å². The largest absolute Gasteiger partial charge is 0.349 e. The summed E-state index contributed by atoms with van der Waals surface area (Å²) in [6, 6.07) is 0. The summed E-state index contributed by atoms with van der Waals surface area (Å²) in [7, 11) is 1.47. The van der Waals surface area contributed by atoms with Gasteiger partial charge in [-0.1, -0.05) is 13.8 Å². The lowest BCUT2D eigenvalue weighted by atomic mass is 9.73. The molecule has 0 aliphatic carbocycles. The third-order valence-electron chi connectivity index (χ3n) is 4.77. The van der Waals surface area contributed by atoms with E-state index < -0.39 is 16.7 Å². The summed E-state index contributed by atoms with van der Waals surface area (Å²) in [6.45, 7) is 7.63. The number of fused-ring (bicyclic) bond motifs is 5. The molecular weight excluding hydrogens is 222 g/mol. The van der Waals surface area contributed by atoms with Crippen LogP contribution in [-0.2, 0) is 18.4 Å².